The van der Waals surface area contributed by atoms with Crippen molar-refractivity contribution in [1.82, 2.24) is 0 Å². The van der Waals surface area contributed by atoms with Crippen LogP contribution in [-0.4, -0.2) is 28.7 Å². The summed E-state index contributed by atoms with van der Waals surface area (Å²) in [5.41, 5.74) is 0. The Hall–Kier alpha value is 0.310. The van der Waals surface area contributed by atoms with E-state index in [-0.39, 0.29) is 0 Å². The number of rotatable bonds is 13. The summed E-state index contributed by atoms with van der Waals surface area (Å²) in [6.45, 7) is 6.84. The molecule has 4 heteroatoms. The first-order valence-corrected chi connectivity index (χ1v) is 10.6. The van der Waals surface area contributed by atoms with Gasteiger partial charge in [0, 0.05) is 0 Å². The molecule has 118 valence electrons. The molecule has 0 aliphatic heterocycles. The van der Waals surface area contributed by atoms with Crippen LogP contribution in [0.5, 0.6) is 0 Å². The van der Waals surface area contributed by atoms with Gasteiger partial charge in [0.05, 0.1) is 0 Å². The average Bonchev–Trinajstić information content (AvgIpc) is 2.39. The van der Waals surface area contributed by atoms with Crippen LogP contribution in [0.4, 0.5) is 0 Å². The molecule has 0 radical (unpaired) electrons. The van der Waals surface area contributed by atoms with Crippen LogP contribution in [0.2, 0.25) is 0 Å². The second-order valence-electron chi connectivity index (χ2n) is 5.70. The van der Waals surface area contributed by atoms with E-state index in [0.717, 1.165) is 38.5 Å². The normalized spacial score (nSPS) is 14.3. The Morgan fingerprint density at radius 1 is 0.684 bits per heavy atom. The van der Waals surface area contributed by atoms with E-state index in [4.69, 9.17) is 4.52 Å². The summed E-state index contributed by atoms with van der Waals surface area (Å²) >= 11 is 0. The third-order valence-electron chi connectivity index (χ3n) is 3.56. The molecular formula is C15H35O3P. The Bertz CT molecular complexity index is 207. The van der Waals surface area contributed by atoms with E-state index < -0.39 is 7.28 Å². The predicted molar refractivity (Wildman–Crippen MR) is 85.6 cm³/mol. The first-order chi connectivity index (χ1) is 8.96. The minimum atomic E-state index is -3.83. The summed E-state index contributed by atoms with van der Waals surface area (Å²) in [6, 6.07) is 0. The first kappa shape index (κ1) is 19.3. The monoisotopic (exact) mass is 294 g/mol. The molecule has 0 aromatic rings. The molecule has 0 bridgehead atoms. The molecule has 2 N–H and O–H groups in total. The van der Waals surface area contributed by atoms with Crippen molar-refractivity contribution in [3.8, 4) is 0 Å². The summed E-state index contributed by atoms with van der Waals surface area (Å²) in [4.78, 5) is 21.2. The van der Waals surface area contributed by atoms with Crippen LogP contribution in [0, 0.1) is 0 Å². The van der Waals surface area contributed by atoms with Crippen molar-refractivity contribution < 1.29 is 14.3 Å². The molecule has 0 aromatic carbocycles. The molecule has 0 saturated carbocycles. The van der Waals surface area contributed by atoms with E-state index in [2.05, 4.69) is 20.8 Å². The van der Waals surface area contributed by atoms with Crippen LogP contribution < -0.4 is 0 Å². The second-order valence-corrected chi connectivity index (χ2v) is 9.46. The van der Waals surface area contributed by atoms with Crippen molar-refractivity contribution >= 4 is 7.28 Å². The van der Waals surface area contributed by atoms with E-state index in [1.165, 1.54) is 19.3 Å². The number of unbranched alkanes of at least 4 members (excludes halogenated alkanes) is 6. The summed E-state index contributed by atoms with van der Waals surface area (Å²) in [7, 11) is -3.83. The fraction of sp³-hybridized carbons (Fsp3) is 1.00. The first-order valence-electron chi connectivity index (χ1n) is 8.13. The minimum absolute atomic E-state index is 0.442. The fourth-order valence-electron chi connectivity index (χ4n) is 2.17. The quantitative estimate of drug-likeness (QED) is 0.377. The zero-order valence-electron chi connectivity index (χ0n) is 13.2. The van der Waals surface area contributed by atoms with E-state index in [9.17, 15) is 9.79 Å². The van der Waals surface area contributed by atoms with Gasteiger partial charge in [-0.1, -0.05) is 0 Å². The maximum absolute atomic E-state index is 10.6. The Morgan fingerprint density at radius 3 is 1.63 bits per heavy atom. The van der Waals surface area contributed by atoms with Gasteiger partial charge in [-0.3, -0.25) is 0 Å². The molecule has 3 nitrogen and oxygen atoms in total. The van der Waals surface area contributed by atoms with Gasteiger partial charge >= 0.3 is 119 Å². The zero-order chi connectivity index (χ0) is 14.6. The molecule has 0 aromatic heterocycles. The van der Waals surface area contributed by atoms with Gasteiger partial charge in [-0.25, -0.2) is 0 Å². The summed E-state index contributed by atoms with van der Waals surface area (Å²) in [5, 5.41) is 0. The third-order valence-corrected chi connectivity index (χ3v) is 6.77. The fourth-order valence-corrected chi connectivity index (χ4v) is 5.11. The van der Waals surface area contributed by atoms with Crippen molar-refractivity contribution in [2.45, 2.75) is 78.6 Å². The van der Waals surface area contributed by atoms with Crippen LogP contribution >= 0.6 is 7.28 Å². The summed E-state index contributed by atoms with van der Waals surface area (Å²) in [6.07, 6.45) is 10.3. The van der Waals surface area contributed by atoms with Gasteiger partial charge in [0.1, 0.15) is 0 Å². The van der Waals surface area contributed by atoms with Crippen LogP contribution in [0.15, 0.2) is 0 Å². The summed E-state index contributed by atoms with van der Waals surface area (Å²) in [5.74, 6) is 0. The van der Waals surface area contributed by atoms with Crippen molar-refractivity contribution in [3.05, 3.63) is 0 Å². The Kier molecular flexibility index (Phi) is 10.3. The molecule has 0 fully saturated rings. The predicted octanol–water partition coefficient (Wildman–Crippen LogP) is 4.86. The molecule has 0 rings (SSSR count). The molecule has 0 aliphatic rings. The molecular weight excluding hydrogens is 259 g/mol. The van der Waals surface area contributed by atoms with Crippen molar-refractivity contribution in [1.29, 1.82) is 0 Å². The summed E-state index contributed by atoms with van der Waals surface area (Å²) < 4.78 is 5.64. The van der Waals surface area contributed by atoms with E-state index in [1.807, 2.05) is 0 Å². The molecule has 0 atom stereocenters. The van der Waals surface area contributed by atoms with Gasteiger partial charge in [-0.2, -0.15) is 0 Å². The van der Waals surface area contributed by atoms with Gasteiger partial charge in [-0.15, -0.1) is 0 Å². The molecule has 0 saturated heterocycles. The van der Waals surface area contributed by atoms with Gasteiger partial charge in [0.25, 0.3) is 0 Å². The third kappa shape index (κ3) is 9.79. The zero-order valence-corrected chi connectivity index (χ0v) is 14.1. The Balaban J connectivity index is 4.10. The topological polar surface area (TPSA) is 49.7 Å². The average molecular weight is 294 g/mol. The standard InChI is InChI=1S/C15H35O3P/c1-4-7-10-11-12-13-18-19(16,17,14-8-5-2)15-9-6-3/h16-17H,4-15H2,1-3H3. The van der Waals surface area contributed by atoms with Gasteiger partial charge in [0.2, 0.25) is 0 Å². The van der Waals surface area contributed by atoms with E-state index >= 15 is 0 Å². The van der Waals surface area contributed by atoms with E-state index in [1.54, 1.807) is 0 Å². The number of hydrogen-bond acceptors (Lipinski definition) is 3. The maximum atomic E-state index is 10.6. The number of hydrogen-bond donors (Lipinski definition) is 2. The Labute approximate surface area is 119 Å². The molecule has 0 aliphatic carbocycles. The van der Waals surface area contributed by atoms with Crippen molar-refractivity contribution in [2.75, 3.05) is 18.9 Å². The second kappa shape index (κ2) is 10.1. The van der Waals surface area contributed by atoms with Gasteiger partial charge in [-0.05, 0) is 0 Å². The molecule has 19 heavy (non-hydrogen) atoms. The Morgan fingerprint density at radius 2 is 1.16 bits per heavy atom. The molecule has 0 heterocycles. The molecule has 0 amide bonds. The SMILES string of the molecule is CCCCCCCOP(O)(O)(CCCC)CCCC. The van der Waals surface area contributed by atoms with Gasteiger partial charge < -0.3 is 0 Å². The van der Waals surface area contributed by atoms with Crippen LogP contribution in [0.3, 0.4) is 0 Å². The molecule has 0 spiro atoms. The van der Waals surface area contributed by atoms with Crippen LogP contribution in [-0.2, 0) is 4.52 Å². The van der Waals surface area contributed by atoms with Crippen molar-refractivity contribution in [2.24, 2.45) is 0 Å². The molecule has 0 unspecified atom stereocenters. The van der Waals surface area contributed by atoms with E-state index in [0.29, 0.717) is 18.9 Å². The van der Waals surface area contributed by atoms with Crippen LogP contribution in [0.25, 0.3) is 0 Å². The van der Waals surface area contributed by atoms with Gasteiger partial charge in [0.15, 0.2) is 0 Å². The van der Waals surface area contributed by atoms with Crippen LogP contribution in [0.1, 0.15) is 78.6 Å². The van der Waals surface area contributed by atoms with Crippen molar-refractivity contribution in [3.63, 3.8) is 0 Å².